The van der Waals surface area contributed by atoms with Crippen LogP contribution in [0.1, 0.15) is 5.56 Å². The maximum Gasteiger partial charge on any atom is 0.534 e. The number of hydrogen-bond donors (Lipinski definition) is 0. The number of nitrogens with zero attached hydrogens (tertiary/aromatic N) is 1. The number of halogens is 4. The molecule has 2 aromatic rings. The molecule has 1 aromatic carbocycles. The number of aromatic nitrogens is 1. The Labute approximate surface area is 120 Å². The highest BCUT2D eigenvalue weighted by Gasteiger charge is 2.48. The molecule has 20 heavy (non-hydrogen) atoms. The Bertz CT molecular complexity index is 774. The summed E-state index contributed by atoms with van der Waals surface area (Å²) in [6.45, 7) is 1.84. The summed E-state index contributed by atoms with van der Waals surface area (Å²) in [5, 5.41) is 1.15. The highest BCUT2D eigenvalue weighted by atomic mass is 79.9. The van der Waals surface area contributed by atoms with Crippen molar-refractivity contribution in [3.05, 3.63) is 34.4 Å². The molecule has 0 N–H and O–H groups in total. The van der Waals surface area contributed by atoms with Crippen LogP contribution in [0.2, 0.25) is 0 Å². The first-order valence-electron chi connectivity index (χ1n) is 5.17. The van der Waals surface area contributed by atoms with E-state index in [0.29, 0.717) is 15.2 Å². The van der Waals surface area contributed by atoms with Crippen LogP contribution in [0, 0.1) is 6.92 Å². The molecule has 2 rings (SSSR count). The number of rotatable bonds is 2. The van der Waals surface area contributed by atoms with Gasteiger partial charge in [-0.3, -0.25) is 0 Å². The van der Waals surface area contributed by atoms with E-state index in [1.807, 2.05) is 6.92 Å². The van der Waals surface area contributed by atoms with E-state index in [0.717, 1.165) is 11.6 Å². The fraction of sp³-hybridized carbons (Fsp3) is 0.182. The van der Waals surface area contributed by atoms with E-state index in [1.165, 1.54) is 6.20 Å². The molecule has 0 aliphatic heterocycles. The van der Waals surface area contributed by atoms with Crippen LogP contribution in [0.4, 0.5) is 13.2 Å². The normalized spacial score (nSPS) is 12.7. The SMILES string of the molecule is Cc1cc(Br)c2cc(OS(=O)(=O)C(F)(F)F)ncc2c1. The molecule has 4 nitrogen and oxygen atoms in total. The Kier molecular flexibility index (Phi) is 3.67. The zero-order chi connectivity index (χ0) is 15.1. The van der Waals surface area contributed by atoms with Gasteiger partial charge in [-0.2, -0.15) is 21.6 Å². The average molecular weight is 370 g/mol. The van der Waals surface area contributed by atoms with Crippen molar-refractivity contribution >= 4 is 36.8 Å². The maximum atomic E-state index is 12.2. The molecule has 9 heteroatoms. The van der Waals surface area contributed by atoms with Crippen LogP contribution < -0.4 is 4.18 Å². The lowest BCUT2D eigenvalue weighted by Gasteiger charge is -2.09. The molecule has 0 radical (unpaired) electrons. The Hall–Kier alpha value is -1.35. The molecular formula is C11H7BrF3NO3S. The summed E-state index contributed by atoms with van der Waals surface area (Å²) in [7, 11) is -5.72. The fourth-order valence-electron chi connectivity index (χ4n) is 1.54. The van der Waals surface area contributed by atoms with E-state index < -0.39 is 21.5 Å². The van der Waals surface area contributed by atoms with E-state index in [-0.39, 0.29) is 0 Å². The van der Waals surface area contributed by atoms with Crippen molar-refractivity contribution in [2.75, 3.05) is 0 Å². The van der Waals surface area contributed by atoms with Crippen molar-refractivity contribution < 1.29 is 25.8 Å². The molecule has 0 saturated carbocycles. The predicted octanol–water partition coefficient (Wildman–Crippen LogP) is 3.53. The minimum atomic E-state index is -5.72. The molecule has 0 aliphatic rings. The first kappa shape index (κ1) is 15.0. The number of pyridine rings is 1. The second kappa shape index (κ2) is 4.88. The van der Waals surface area contributed by atoms with E-state index in [4.69, 9.17) is 0 Å². The second-order valence-electron chi connectivity index (χ2n) is 3.97. The predicted molar refractivity (Wildman–Crippen MR) is 69.8 cm³/mol. The number of benzene rings is 1. The van der Waals surface area contributed by atoms with E-state index >= 15 is 0 Å². The number of aryl methyl sites for hydroxylation is 1. The van der Waals surface area contributed by atoms with Gasteiger partial charge < -0.3 is 4.18 Å². The van der Waals surface area contributed by atoms with Gasteiger partial charge in [-0.05, 0) is 24.6 Å². The van der Waals surface area contributed by atoms with E-state index in [9.17, 15) is 21.6 Å². The van der Waals surface area contributed by atoms with Gasteiger partial charge in [0.2, 0.25) is 5.88 Å². The van der Waals surface area contributed by atoms with Crippen molar-refractivity contribution in [2.24, 2.45) is 0 Å². The van der Waals surface area contributed by atoms with Crippen molar-refractivity contribution in [3.63, 3.8) is 0 Å². The average Bonchev–Trinajstić information content (AvgIpc) is 2.28. The summed E-state index contributed by atoms with van der Waals surface area (Å²) in [5.74, 6) is -0.639. The zero-order valence-corrected chi connectivity index (χ0v) is 12.3. The van der Waals surface area contributed by atoms with Gasteiger partial charge in [-0.1, -0.05) is 15.9 Å². The molecule has 0 spiro atoms. The minimum Gasteiger partial charge on any atom is -0.355 e. The summed E-state index contributed by atoms with van der Waals surface area (Å²) >= 11 is 3.25. The van der Waals surface area contributed by atoms with Crippen LogP contribution in [0.5, 0.6) is 5.88 Å². The molecule has 0 atom stereocenters. The maximum absolute atomic E-state index is 12.2. The van der Waals surface area contributed by atoms with Crippen LogP contribution in [0.15, 0.2) is 28.9 Å². The van der Waals surface area contributed by atoms with Crippen LogP contribution in [0.3, 0.4) is 0 Å². The minimum absolute atomic E-state index is 0.498. The second-order valence-corrected chi connectivity index (χ2v) is 6.37. The third-order valence-corrected chi connectivity index (χ3v) is 4.00. The Morgan fingerprint density at radius 2 is 1.90 bits per heavy atom. The largest absolute Gasteiger partial charge is 0.534 e. The Morgan fingerprint density at radius 3 is 2.50 bits per heavy atom. The zero-order valence-electron chi connectivity index (χ0n) is 9.90. The van der Waals surface area contributed by atoms with Gasteiger partial charge in [0.15, 0.2) is 0 Å². The van der Waals surface area contributed by atoms with Gasteiger partial charge >= 0.3 is 15.6 Å². The van der Waals surface area contributed by atoms with Crippen molar-refractivity contribution in [1.29, 1.82) is 0 Å². The monoisotopic (exact) mass is 369 g/mol. The van der Waals surface area contributed by atoms with Gasteiger partial charge in [0.1, 0.15) is 0 Å². The molecule has 0 fully saturated rings. The number of fused-ring (bicyclic) bond motifs is 1. The quantitative estimate of drug-likeness (QED) is 0.600. The molecule has 1 heterocycles. The summed E-state index contributed by atoms with van der Waals surface area (Å²) in [5.41, 5.74) is -4.57. The molecule has 0 amide bonds. The molecule has 108 valence electrons. The number of hydrogen-bond acceptors (Lipinski definition) is 4. The number of alkyl halides is 3. The third kappa shape index (κ3) is 2.88. The molecule has 0 saturated heterocycles. The summed E-state index contributed by atoms with van der Waals surface area (Å²) in [4.78, 5) is 3.57. The lowest BCUT2D eigenvalue weighted by Crippen LogP contribution is -2.28. The van der Waals surface area contributed by atoms with Gasteiger partial charge in [0.05, 0.1) is 0 Å². The van der Waals surface area contributed by atoms with Crippen LogP contribution in [-0.4, -0.2) is 18.9 Å². The highest BCUT2D eigenvalue weighted by Crippen LogP contribution is 2.30. The fourth-order valence-corrected chi connectivity index (χ4v) is 2.65. The van der Waals surface area contributed by atoms with Crippen LogP contribution >= 0.6 is 15.9 Å². The van der Waals surface area contributed by atoms with Crippen LogP contribution in [-0.2, 0) is 10.1 Å². The standard InChI is InChI=1S/C11H7BrF3NO3S/c1-6-2-7-5-16-10(4-8(7)9(12)3-6)19-20(17,18)11(13,14)15/h2-5H,1H3. The third-order valence-electron chi connectivity index (χ3n) is 2.38. The topological polar surface area (TPSA) is 56.3 Å². The Balaban J connectivity index is 2.48. The van der Waals surface area contributed by atoms with E-state index in [2.05, 4.69) is 25.1 Å². The first-order valence-corrected chi connectivity index (χ1v) is 7.37. The van der Waals surface area contributed by atoms with Crippen molar-refractivity contribution in [1.82, 2.24) is 4.98 Å². The van der Waals surface area contributed by atoms with Gasteiger partial charge in [-0.15, -0.1) is 0 Å². The van der Waals surface area contributed by atoms with E-state index in [1.54, 1.807) is 12.1 Å². The Morgan fingerprint density at radius 1 is 1.25 bits per heavy atom. The lowest BCUT2D eigenvalue weighted by atomic mass is 10.1. The van der Waals surface area contributed by atoms with Gasteiger partial charge in [-0.25, -0.2) is 4.98 Å². The molecular weight excluding hydrogens is 363 g/mol. The summed E-state index contributed by atoms with van der Waals surface area (Å²) < 4.78 is 63.0. The molecule has 1 aromatic heterocycles. The molecule has 0 aliphatic carbocycles. The summed E-state index contributed by atoms with van der Waals surface area (Å²) in [6.07, 6.45) is 1.24. The van der Waals surface area contributed by atoms with Gasteiger partial charge in [0, 0.05) is 27.5 Å². The highest BCUT2D eigenvalue weighted by molar-refractivity contribution is 9.10. The summed E-state index contributed by atoms with van der Waals surface area (Å²) in [6, 6.07) is 4.63. The lowest BCUT2D eigenvalue weighted by molar-refractivity contribution is -0.0501. The van der Waals surface area contributed by atoms with Crippen molar-refractivity contribution in [2.45, 2.75) is 12.4 Å². The molecule has 0 unspecified atom stereocenters. The molecule has 0 bridgehead atoms. The van der Waals surface area contributed by atoms with Crippen molar-refractivity contribution in [3.8, 4) is 5.88 Å². The van der Waals surface area contributed by atoms with Crippen LogP contribution in [0.25, 0.3) is 10.8 Å². The first-order chi connectivity index (χ1) is 9.10. The smallest absolute Gasteiger partial charge is 0.355 e. The van der Waals surface area contributed by atoms with Gasteiger partial charge in [0.25, 0.3) is 0 Å².